The van der Waals surface area contributed by atoms with Crippen LogP contribution in [0.4, 0.5) is 0 Å². The highest BCUT2D eigenvalue weighted by molar-refractivity contribution is 5.91. The Bertz CT molecular complexity index is 597. The molecular weight excluding hydrogens is 320 g/mol. The summed E-state index contributed by atoms with van der Waals surface area (Å²) in [7, 11) is 0. The molecule has 5 nitrogen and oxygen atoms in total. The first kappa shape index (κ1) is 18.6. The van der Waals surface area contributed by atoms with E-state index in [0.29, 0.717) is 18.4 Å². The number of allylic oxidation sites excluding steroid dienone is 2. The average molecular weight is 350 g/mol. The summed E-state index contributed by atoms with van der Waals surface area (Å²) in [5, 5.41) is 30.4. The Morgan fingerprint density at radius 2 is 2.04 bits per heavy atom. The largest absolute Gasteiger partial charge is 0.459 e. The van der Waals surface area contributed by atoms with Gasteiger partial charge in [-0.25, -0.2) is 4.79 Å². The molecule has 3 N–H and O–H groups in total. The fourth-order valence-corrected chi connectivity index (χ4v) is 5.56. The van der Waals surface area contributed by atoms with Crippen LogP contribution in [0.15, 0.2) is 23.8 Å². The predicted molar refractivity (Wildman–Crippen MR) is 93.6 cm³/mol. The maximum atomic E-state index is 11.8. The standard InChI is InChI=1S/C20H30O5/c1-12-4-7-16-19(2,9-8-17(23)20(16,3)11-21)14(12)6-5-13-15(22)10-25-18(13)24/h5,14-17,21-23H,1,4,6-11H2,2-3H3/b13-5+/t14?,15-,16+,17-,19+,20+/m1/s1. The number of hydrogen-bond donors (Lipinski definition) is 3. The Balaban J connectivity index is 1.89. The molecule has 3 aliphatic rings. The highest BCUT2D eigenvalue weighted by atomic mass is 16.6. The molecule has 0 aromatic heterocycles. The van der Waals surface area contributed by atoms with Gasteiger partial charge in [-0.3, -0.25) is 0 Å². The topological polar surface area (TPSA) is 87.0 Å². The summed E-state index contributed by atoms with van der Waals surface area (Å²) in [6.45, 7) is 8.50. The normalized spacial score (nSPS) is 46.2. The van der Waals surface area contributed by atoms with Crippen LogP contribution in [-0.4, -0.2) is 46.7 Å². The highest BCUT2D eigenvalue weighted by Crippen LogP contribution is 2.61. The van der Waals surface area contributed by atoms with Crippen molar-refractivity contribution in [1.82, 2.24) is 0 Å². The van der Waals surface area contributed by atoms with Crippen LogP contribution in [0.25, 0.3) is 0 Å². The Morgan fingerprint density at radius 1 is 1.32 bits per heavy atom. The molecule has 2 saturated carbocycles. The van der Waals surface area contributed by atoms with E-state index in [0.717, 1.165) is 24.8 Å². The van der Waals surface area contributed by atoms with E-state index in [-0.39, 0.29) is 30.5 Å². The summed E-state index contributed by atoms with van der Waals surface area (Å²) >= 11 is 0. The number of cyclic esters (lactones) is 1. The molecule has 5 heteroatoms. The van der Waals surface area contributed by atoms with E-state index in [2.05, 4.69) is 13.5 Å². The number of carbonyl (C=O) groups is 1. The molecule has 1 heterocycles. The van der Waals surface area contributed by atoms with Gasteiger partial charge in [0.05, 0.1) is 18.3 Å². The van der Waals surface area contributed by atoms with Gasteiger partial charge in [0, 0.05) is 5.41 Å². The number of aliphatic hydroxyl groups is 3. The maximum Gasteiger partial charge on any atom is 0.336 e. The molecule has 0 radical (unpaired) electrons. The third-order valence-corrected chi connectivity index (χ3v) is 7.23. The fraction of sp³-hybridized carbons (Fsp3) is 0.750. The first-order chi connectivity index (χ1) is 11.7. The molecular formula is C20H30O5. The number of carbonyl (C=O) groups excluding carboxylic acids is 1. The average Bonchev–Trinajstić information content (AvgIpc) is 2.89. The van der Waals surface area contributed by atoms with Crippen molar-refractivity contribution in [3.05, 3.63) is 23.8 Å². The second-order valence-electron chi connectivity index (χ2n) is 8.54. The maximum absolute atomic E-state index is 11.8. The van der Waals surface area contributed by atoms with Gasteiger partial charge in [-0.05, 0) is 49.4 Å². The Labute approximate surface area is 149 Å². The minimum Gasteiger partial charge on any atom is -0.459 e. The molecule has 140 valence electrons. The molecule has 6 atom stereocenters. The van der Waals surface area contributed by atoms with Gasteiger partial charge < -0.3 is 20.1 Å². The molecule has 0 bridgehead atoms. The summed E-state index contributed by atoms with van der Waals surface area (Å²) < 4.78 is 4.90. The minimum atomic E-state index is -0.844. The summed E-state index contributed by atoms with van der Waals surface area (Å²) in [6, 6.07) is 0. The van der Waals surface area contributed by atoms with Gasteiger partial charge in [-0.15, -0.1) is 0 Å². The molecule has 25 heavy (non-hydrogen) atoms. The number of hydrogen-bond acceptors (Lipinski definition) is 5. The molecule has 1 aliphatic heterocycles. The molecule has 0 amide bonds. The molecule has 2 aliphatic carbocycles. The number of esters is 1. The van der Waals surface area contributed by atoms with Gasteiger partial charge in [-0.1, -0.05) is 32.1 Å². The predicted octanol–water partition coefficient (Wildman–Crippen LogP) is 1.96. The van der Waals surface area contributed by atoms with Crippen LogP contribution in [-0.2, 0) is 9.53 Å². The van der Waals surface area contributed by atoms with Gasteiger partial charge in [0.15, 0.2) is 0 Å². The number of aliphatic hydroxyl groups excluding tert-OH is 3. The van der Waals surface area contributed by atoms with Crippen LogP contribution < -0.4 is 0 Å². The molecule has 3 fully saturated rings. The van der Waals surface area contributed by atoms with E-state index in [4.69, 9.17) is 4.74 Å². The Morgan fingerprint density at radius 3 is 2.64 bits per heavy atom. The van der Waals surface area contributed by atoms with Gasteiger partial charge in [0.2, 0.25) is 0 Å². The lowest BCUT2D eigenvalue weighted by Crippen LogP contribution is -2.57. The summed E-state index contributed by atoms with van der Waals surface area (Å²) in [5.74, 6) is -0.0734. The van der Waals surface area contributed by atoms with E-state index >= 15 is 0 Å². The molecule has 1 unspecified atom stereocenters. The lowest BCUT2D eigenvalue weighted by molar-refractivity contribution is -0.151. The summed E-state index contributed by atoms with van der Waals surface area (Å²) in [6.07, 6.45) is 4.42. The highest BCUT2D eigenvalue weighted by Gasteiger charge is 2.57. The molecule has 0 aromatic rings. The lowest BCUT2D eigenvalue weighted by atomic mass is 9.46. The number of rotatable bonds is 3. The fourth-order valence-electron chi connectivity index (χ4n) is 5.56. The zero-order valence-corrected chi connectivity index (χ0v) is 15.2. The van der Waals surface area contributed by atoms with Crippen LogP contribution >= 0.6 is 0 Å². The first-order valence-electron chi connectivity index (χ1n) is 9.26. The van der Waals surface area contributed by atoms with E-state index < -0.39 is 23.6 Å². The van der Waals surface area contributed by atoms with Crippen molar-refractivity contribution < 1.29 is 24.9 Å². The van der Waals surface area contributed by atoms with E-state index in [9.17, 15) is 20.1 Å². The van der Waals surface area contributed by atoms with Gasteiger partial charge in [0.1, 0.15) is 12.7 Å². The zero-order chi connectivity index (χ0) is 18.4. The van der Waals surface area contributed by atoms with Crippen molar-refractivity contribution in [2.24, 2.45) is 22.7 Å². The van der Waals surface area contributed by atoms with E-state index in [1.807, 2.05) is 13.0 Å². The number of ether oxygens (including phenoxy) is 1. The van der Waals surface area contributed by atoms with Crippen molar-refractivity contribution in [2.45, 2.75) is 58.2 Å². The third-order valence-electron chi connectivity index (χ3n) is 7.23. The lowest BCUT2D eigenvalue weighted by Gasteiger charge is -2.59. The Hall–Kier alpha value is -1.17. The number of fused-ring (bicyclic) bond motifs is 1. The second-order valence-corrected chi connectivity index (χ2v) is 8.54. The first-order valence-corrected chi connectivity index (χ1v) is 9.26. The molecule has 1 saturated heterocycles. The van der Waals surface area contributed by atoms with E-state index in [1.54, 1.807) is 0 Å². The van der Waals surface area contributed by atoms with Gasteiger partial charge in [0.25, 0.3) is 0 Å². The smallest absolute Gasteiger partial charge is 0.336 e. The summed E-state index contributed by atoms with van der Waals surface area (Å²) in [4.78, 5) is 11.8. The summed E-state index contributed by atoms with van der Waals surface area (Å²) in [5.41, 5.74) is 0.911. The molecule has 0 spiro atoms. The Kier molecular flexibility index (Phi) is 4.86. The zero-order valence-electron chi connectivity index (χ0n) is 15.2. The van der Waals surface area contributed by atoms with Crippen molar-refractivity contribution in [2.75, 3.05) is 13.2 Å². The quantitative estimate of drug-likeness (QED) is 0.411. The van der Waals surface area contributed by atoms with Crippen LogP contribution in [0.5, 0.6) is 0 Å². The van der Waals surface area contributed by atoms with Crippen LogP contribution in [0, 0.1) is 22.7 Å². The van der Waals surface area contributed by atoms with Crippen LogP contribution in [0.2, 0.25) is 0 Å². The van der Waals surface area contributed by atoms with Crippen molar-refractivity contribution in [3.63, 3.8) is 0 Å². The van der Waals surface area contributed by atoms with Crippen LogP contribution in [0.1, 0.15) is 46.0 Å². The van der Waals surface area contributed by atoms with E-state index in [1.165, 1.54) is 0 Å². The van der Waals surface area contributed by atoms with Crippen molar-refractivity contribution in [3.8, 4) is 0 Å². The van der Waals surface area contributed by atoms with Crippen molar-refractivity contribution in [1.29, 1.82) is 0 Å². The van der Waals surface area contributed by atoms with Gasteiger partial charge in [-0.2, -0.15) is 0 Å². The second kappa shape index (κ2) is 6.53. The monoisotopic (exact) mass is 350 g/mol. The molecule has 0 aromatic carbocycles. The SMILES string of the molecule is C=C1CC[C@@H]2[C@](C)(CO)[C@H](O)CC[C@@]2(C)C1C/C=C1/C(=O)OC[C@H]1O. The molecule has 3 rings (SSSR count). The third kappa shape index (κ3) is 2.86. The minimum absolute atomic E-state index is 0.0280. The van der Waals surface area contributed by atoms with Crippen LogP contribution in [0.3, 0.4) is 0 Å². The van der Waals surface area contributed by atoms with Crippen molar-refractivity contribution >= 4 is 5.97 Å². The van der Waals surface area contributed by atoms with Gasteiger partial charge >= 0.3 is 5.97 Å².